The Kier molecular flexibility index (Phi) is 2.35. The van der Waals surface area contributed by atoms with Gasteiger partial charge in [-0.05, 0) is 29.9 Å². The molecule has 0 heterocycles. The van der Waals surface area contributed by atoms with E-state index in [0.717, 1.165) is 5.92 Å². The molecule has 0 aliphatic heterocycles. The highest BCUT2D eigenvalue weighted by molar-refractivity contribution is 5.68. The summed E-state index contributed by atoms with van der Waals surface area (Å²) in [6, 6.07) is 10.5. The fraction of sp³-hybridized carbons (Fsp3) is 0.333. The van der Waals surface area contributed by atoms with Crippen LogP contribution in [0.4, 0.5) is 0 Å². The predicted molar refractivity (Wildman–Crippen MR) is 54.2 cm³/mol. The van der Waals surface area contributed by atoms with Gasteiger partial charge in [-0.25, -0.2) is 0 Å². The molecule has 0 unspecified atom stereocenters. The number of ether oxygens (including phenoxy) is 1. The number of hydrogen-bond acceptors (Lipinski definition) is 1. The standard InChI is InChI=1S/C12H14O/c1-13-9-12(11-7-8-11)10-5-3-2-4-6-10/h2-6,9,11H,7-8H2,1H3. The van der Waals surface area contributed by atoms with Crippen LogP contribution in [0.2, 0.25) is 0 Å². The third-order valence-corrected chi connectivity index (χ3v) is 2.37. The van der Waals surface area contributed by atoms with Crippen LogP contribution in [-0.2, 0) is 4.74 Å². The largest absolute Gasteiger partial charge is 0.504 e. The first kappa shape index (κ1) is 8.36. The van der Waals surface area contributed by atoms with E-state index in [9.17, 15) is 0 Å². The molecule has 0 aromatic heterocycles. The number of allylic oxidation sites excluding steroid dienone is 1. The second-order valence-electron chi connectivity index (χ2n) is 3.45. The smallest absolute Gasteiger partial charge is 0.0865 e. The van der Waals surface area contributed by atoms with Crippen LogP contribution < -0.4 is 0 Å². The minimum absolute atomic E-state index is 0.738. The molecule has 1 heteroatoms. The molecule has 1 aliphatic carbocycles. The molecular weight excluding hydrogens is 160 g/mol. The van der Waals surface area contributed by atoms with Gasteiger partial charge in [-0.1, -0.05) is 30.3 Å². The van der Waals surface area contributed by atoms with Crippen LogP contribution >= 0.6 is 0 Å². The lowest BCUT2D eigenvalue weighted by molar-refractivity contribution is 0.338. The Morgan fingerprint density at radius 2 is 2.00 bits per heavy atom. The first-order chi connectivity index (χ1) is 6.42. The van der Waals surface area contributed by atoms with Gasteiger partial charge >= 0.3 is 0 Å². The summed E-state index contributed by atoms with van der Waals surface area (Å²) < 4.78 is 5.10. The molecule has 2 rings (SSSR count). The van der Waals surface area contributed by atoms with E-state index in [1.807, 2.05) is 12.3 Å². The topological polar surface area (TPSA) is 9.23 Å². The molecule has 1 aromatic carbocycles. The van der Waals surface area contributed by atoms with Crippen molar-refractivity contribution in [2.45, 2.75) is 12.8 Å². The van der Waals surface area contributed by atoms with Crippen LogP contribution in [0.25, 0.3) is 5.57 Å². The van der Waals surface area contributed by atoms with Crippen molar-refractivity contribution in [3.05, 3.63) is 42.2 Å². The normalized spacial score (nSPS) is 17.2. The third-order valence-electron chi connectivity index (χ3n) is 2.37. The van der Waals surface area contributed by atoms with Crippen molar-refractivity contribution in [2.24, 2.45) is 5.92 Å². The average Bonchev–Trinajstić information content (AvgIpc) is 2.99. The molecule has 1 saturated carbocycles. The molecule has 0 atom stereocenters. The predicted octanol–water partition coefficient (Wildman–Crippen LogP) is 3.08. The maximum absolute atomic E-state index is 5.10. The average molecular weight is 174 g/mol. The molecule has 13 heavy (non-hydrogen) atoms. The van der Waals surface area contributed by atoms with Gasteiger partial charge in [0.25, 0.3) is 0 Å². The van der Waals surface area contributed by atoms with Gasteiger partial charge < -0.3 is 4.74 Å². The highest BCUT2D eigenvalue weighted by Gasteiger charge is 2.26. The zero-order valence-electron chi connectivity index (χ0n) is 7.86. The molecular formula is C12H14O. The van der Waals surface area contributed by atoms with Crippen molar-refractivity contribution < 1.29 is 4.74 Å². The Balaban J connectivity index is 2.25. The van der Waals surface area contributed by atoms with E-state index in [-0.39, 0.29) is 0 Å². The first-order valence-corrected chi connectivity index (χ1v) is 4.70. The molecule has 0 saturated heterocycles. The summed E-state index contributed by atoms with van der Waals surface area (Å²) in [6.45, 7) is 0. The number of hydrogen-bond donors (Lipinski definition) is 0. The van der Waals surface area contributed by atoms with Crippen molar-refractivity contribution in [1.29, 1.82) is 0 Å². The van der Waals surface area contributed by atoms with Crippen LogP contribution in [0.5, 0.6) is 0 Å². The fourth-order valence-corrected chi connectivity index (χ4v) is 1.55. The number of rotatable bonds is 3. The van der Waals surface area contributed by atoms with E-state index in [4.69, 9.17) is 4.74 Å². The quantitative estimate of drug-likeness (QED) is 0.640. The molecule has 0 amide bonds. The molecule has 0 spiro atoms. The Labute approximate surface area is 79.0 Å². The molecule has 1 aliphatic rings. The van der Waals surface area contributed by atoms with E-state index in [0.29, 0.717) is 0 Å². The zero-order valence-corrected chi connectivity index (χ0v) is 7.86. The van der Waals surface area contributed by atoms with Crippen LogP contribution in [0.1, 0.15) is 18.4 Å². The molecule has 0 bridgehead atoms. The van der Waals surface area contributed by atoms with E-state index in [2.05, 4.69) is 24.3 Å². The number of benzene rings is 1. The van der Waals surface area contributed by atoms with Gasteiger partial charge in [0.1, 0.15) is 0 Å². The van der Waals surface area contributed by atoms with Gasteiger partial charge in [0.05, 0.1) is 13.4 Å². The zero-order chi connectivity index (χ0) is 9.10. The van der Waals surface area contributed by atoms with Gasteiger partial charge in [-0.3, -0.25) is 0 Å². The van der Waals surface area contributed by atoms with Crippen LogP contribution in [-0.4, -0.2) is 7.11 Å². The van der Waals surface area contributed by atoms with Gasteiger partial charge in [-0.15, -0.1) is 0 Å². The summed E-state index contributed by atoms with van der Waals surface area (Å²) in [7, 11) is 1.71. The number of methoxy groups -OCH3 is 1. The second-order valence-corrected chi connectivity index (χ2v) is 3.45. The molecule has 68 valence electrons. The maximum Gasteiger partial charge on any atom is 0.0865 e. The highest BCUT2D eigenvalue weighted by atomic mass is 16.5. The van der Waals surface area contributed by atoms with Gasteiger partial charge in [0.2, 0.25) is 0 Å². The Morgan fingerprint density at radius 3 is 2.54 bits per heavy atom. The summed E-state index contributed by atoms with van der Waals surface area (Å²) in [4.78, 5) is 0. The Morgan fingerprint density at radius 1 is 1.31 bits per heavy atom. The SMILES string of the molecule is COC=C(c1ccccc1)C1CC1. The van der Waals surface area contributed by atoms with E-state index >= 15 is 0 Å². The Bertz CT molecular complexity index is 296. The Hall–Kier alpha value is -1.24. The molecule has 0 N–H and O–H groups in total. The lowest BCUT2D eigenvalue weighted by Crippen LogP contribution is -1.87. The van der Waals surface area contributed by atoms with E-state index in [1.165, 1.54) is 24.0 Å². The third kappa shape index (κ3) is 1.92. The van der Waals surface area contributed by atoms with Crippen LogP contribution in [0.15, 0.2) is 36.6 Å². The second kappa shape index (κ2) is 3.65. The van der Waals surface area contributed by atoms with Crippen molar-refractivity contribution in [3.8, 4) is 0 Å². The molecule has 1 nitrogen and oxygen atoms in total. The molecule has 1 fully saturated rings. The fourth-order valence-electron chi connectivity index (χ4n) is 1.55. The monoisotopic (exact) mass is 174 g/mol. The first-order valence-electron chi connectivity index (χ1n) is 4.70. The summed E-state index contributed by atoms with van der Waals surface area (Å²) in [6.07, 6.45) is 4.50. The minimum Gasteiger partial charge on any atom is -0.504 e. The molecule has 0 radical (unpaired) electrons. The van der Waals surface area contributed by atoms with Gasteiger partial charge in [0, 0.05) is 0 Å². The van der Waals surface area contributed by atoms with Crippen molar-refractivity contribution in [3.63, 3.8) is 0 Å². The van der Waals surface area contributed by atoms with Crippen molar-refractivity contribution >= 4 is 5.57 Å². The van der Waals surface area contributed by atoms with E-state index < -0.39 is 0 Å². The van der Waals surface area contributed by atoms with Crippen molar-refractivity contribution in [2.75, 3.05) is 7.11 Å². The van der Waals surface area contributed by atoms with Crippen molar-refractivity contribution in [1.82, 2.24) is 0 Å². The van der Waals surface area contributed by atoms with Crippen LogP contribution in [0, 0.1) is 5.92 Å². The van der Waals surface area contributed by atoms with Gasteiger partial charge in [-0.2, -0.15) is 0 Å². The lowest BCUT2D eigenvalue weighted by Gasteiger charge is -2.04. The summed E-state index contributed by atoms with van der Waals surface area (Å²) in [5.74, 6) is 0.738. The van der Waals surface area contributed by atoms with Crippen LogP contribution in [0.3, 0.4) is 0 Å². The summed E-state index contributed by atoms with van der Waals surface area (Å²) in [5.41, 5.74) is 2.65. The van der Waals surface area contributed by atoms with Gasteiger partial charge in [0.15, 0.2) is 0 Å². The summed E-state index contributed by atoms with van der Waals surface area (Å²) in [5, 5.41) is 0. The molecule has 1 aromatic rings. The lowest BCUT2D eigenvalue weighted by atomic mass is 10.0. The minimum atomic E-state index is 0.738. The maximum atomic E-state index is 5.10. The highest BCUT2D eigenvalue weighted by Crippen LogP contribution is 2.41. The van der Waals surface area contributed by atoms with E-state index in [1.54, 1.807) is 7.11 Å². The summed E-state index contributed by atoms with van der Waals surface area (Å²) >= 11 is 0.